The van der Waals surface area contributed by atoms with E-state index in [4.69, 9.17) is 5.73 Å². The Morgan fingerprint density at radius 2 is 1.67 bits per heavy atom. The zero-order chi connectivity index (χ0) is 14.0. The Hall–Kier alpha value is -0.870. The highest BCUT2D eigenvalue weighted by atomic mass is 32.2. The average molecular weight is 269 g/mol. The smallest absolute Gasteiger partial charge is 0.175 e. The molecule has 0 bridgehead atoms. The minimum atomic E-state index is -3.12. The molecule has 0 saturated carbocycles. The van der Waals surface area contributed by atoms with E-state index in [0.29, 0.717) is 4.90 Å². The van der Waals surface area contributed by atoms with Crippen molar-refractivity contribution in [2.75, 3.05) is 6.26 Å². The van der Waals surface area contributed by atoms with Crippen LogP contribution in [-0.2, 0) is 9.84 Å². The topological polar surface area (TPSA) is 60.2 Å². The van der Waals surface area contributed by atoms with E-state index < -0.39 is 9.84 Å². The Kier molecular flexibility index (Phi) is 4.56. The van der Waals surface area contributed by atoms with Gasteiger partial charge in [0.05, 0.1) is 4.90 Å². The number of nitrogens with two attached hydrogens (primary N) is 1. The van der Waals surface area contributed by atoms with E-state index in [0.717, 1.165) is 18.4 Å². The molecule has 2 N–H and O–H groups in total. The first kappa shape index (κ1) is 15.2. The summed E-state index contributed by atoms with van der Waals surface area (Å²) in [6.45, 7) is 6.56. The minimum absolute atomic E-state index is 0.0298. The van der Waals surface area contributed by atoms with Crippen molar-refractivity contribution in [3.8, 4) is 0 Å². The van der Waals surface area contributed by atoms with Crippen molar-refractivity contribution in [3.05, 3.63) is 29.8 Å². The second kappa shape index (κ2) is 5.41. The van der Waals surface area contributed by atoms with Gasteiger partial charge in [-0.1, -0.05) is 32.9 Å². The van der Waals surface area contributed by atoms with Crippen molar-refractivity contribution in [2.24, 2.45) is 11.1 Å². The molecular weight excluding hydrogens is 246 g/mol. The number of hydrogen-bond donors (Lipinski definition) is 1. The highest BCUT2D eigenvalue weighted by Gasteiger charge is 2.14. The van der Waals surface area contributed by atoms with Gasteiger partial charge in [-0.15, -0.1) is 0 Å². The van der Waals surface area contributed by atoms with Crippen LogP contribution in [0, 0.1) is 5.41 Å². The van der Waals surface area contributed by atoms with Crippen molar-refractivity contribution >= 4 is 9.84 Å². The molecule has 4 heteroatoms. The summed E-state index contributed by atoms with van der Waals surface area (Å²) in [5.74, 6) is 0. The van der Waals surface area contributed by atoms with Gasteiger partial charge in [-0.05, 0) is 36.0 Å². The molecular formula is C14H23NO2S. The molecule has 1 rings (SSSR count). The molecule has 1 atom stereocenters. The first-order valence-electron chi connectivity index (χ1n) is 6.15. The molecule has 0 aromatic heterocycles. The summed E-state index contributed by atoms with van der Waals surface area (Å²) < 4.78 is 22.7. The molecule has 0 heterocycles. The molecule has 3 nitrogen and oxygen atoms in total. The van der Waals surface area contributed by atoms with E-state index in [2.05, 4.69) is 20.8 Å². The van der Waals surface area contributed by atoms with Crippen LogP contribution in [0.1, 0.15) is 45.2 Å². The fourth-order valence-electron chi connectivity index (χ4n) is 1.72. The van der Waals surface area contributed by atoms with Crippen LogP contribution in [0.2, 0.25) is 0 Å². The van der Waals surface area contributed by atoms with Gasteiger partial charge >= 0.3 is 0 Å². The SMILES string of the molecule is CC(C)(C)CCC(N)c1ccc(S(C)(=O)=O)cc1. The third kappa shape index (κ3) is 4.78. The van der Waals surface area contributed by atoms with Crippen LogP contribution < -0.4 is 5.73 Å². The van der Waals surface area contributed by atoms with Crippen LogP contribution in [0.4, 0.5) is 0 Å². The first-order chi connectivity index (χ1) is 8.09. The average Bonchev–Trinajstić information content (AvgIpc) is 2.24. The van der Waals surface area contributed by atoms with Gasteiger partial charge in [-0.2, -0.15) is 0 Å². The van der Waals surface area contributed by atoms with Crippen LogP contribution in [0.3, 0.4) is 0 Å². The molecule has 0 aliphatic heterocycles. The largest absolute Gasteiger partial charge is 0.324 e. The fourth-order valence-corrected chi connectivity index (χ4v) is 2.35. The van der Waals surface area contributed by atoms with Gasteiger partial charge < -0.3 is 5.73 Å². The van der Waals surface area contributed by atoms with Crippen LogP contribution in [0.25, 0.3) is 0 Å². The predicted octanol–water partition coefficient (Wildman–Crippen LogP) is 2.92. The summed E-state index contributed by atoms with van der Waals surface area (Å²) >= 11 is 0. The molecule has 0 aliphatic rings. The van der Waals surface area contributed by atoms with Crippen LogP contribution in [0.15, 0.2) is 29.2 Å². The summed E-state index contributed by atoms with van der Waals surface area (Å²) in [5, 5.41) is 0. The van der Waals surface area contributed by atoms with Gasteiger partial charge in [0.15, 0.2) is 9.84 Å². The molecule has 0 radical (unpaired) electrons. The van der Waals surface area contributed by atoms with Gasteiger partial charge in [-0.25, -0.2) is 8.42 Å². The van der Waals surface area contributed by atoms with Gasteiger partial charge in [-0.3, -0.25) is 0 Å². The van der Waals surface area contributed by atoms with Gasteiger partial charge in [0.1, 0.15) is 0 Å². The lowest BCUT2D eigenvalue weighted by Crippen LogP contribution is -2.14. The Morgan fingerprint density at radius 1 is 1.17 bits per heavy atom. The summed E-state index contributed by atoms with van der Waals surface area (Å²) in [6.07, 6.45) is 3.16. The maximum atomic E-state index is 11.3. The number of sulfone groups is 1. The van der Waals surface area contributed by atoms with Gasteiger partial charge in [0.25, 0.3) is 0 Å². The molecule has 0 spiro atoms. The number of benzene rings is 1. The fraction of sp³-hybridized carbons (Fsp3) is 0.571. The third-order valence-electron chi connectivity index (χ3n) is 2.94. The van der Waals surface area contributed by atoms with Crippen molar-refractivity contribution in [1.29, 1.82) is 0 Å². The van der Waals surface area contributed by atoms with Gasteiger partial charge in [0, 0.05) is 12.3 Å². The lowest BCUT2D eigenvalue weighted by Gasteiger charge is -2.21. The maximum Gasteiger partial charge on any atom is 0.175 e. The molecule has 0 amide bonds. The summed E-state index contributed by atoms with van der Waals surface area (Å²) in [4.78, 5) is 0.342. The van der Waals surface area contributed by atoms with E-state index in [1.54, 1.807) is 12.1 Å². The molecule has 0 fully saturated rings. The summed E-state index contributed by atoms with van der Waals surface area (Å²) in [7, 11) is -3.12. The second-order valence-electron chi connectivity index (χ2n) is 6.05. The second-order valence-corrected chi connectivity index (χ2v) is 8.06. The van der Waals surface area contributed by atoms with E-state index in [9.17, 15) is 8.42 Å². The lowest BCUT2D eigenvalue weighted by atomic mass is 9.87. The zero-order valence-corrected chi connectivity index (χ0v) is 12.4. The summed E-state index contributed by atoms with van der Waals surface area (Å²) in [5.41, 5.74) is 7.37. The highest BCUT2D eigenvalue weighted by molar-refractivity contribution is 7.90. The Bertz CT molecular complexity index is 484. The van der Waals surface area contributed by atoms with Crippen molar-refractivity contribution in [3.63, 3.8) is 0 Å². The predicted molar refractivity (Wildman–Crippen MR) is 75.2 cm³/mol. The van der Waals surface area contributed by atoms with Gasteiger partial charge in [0.2, 0.25) is 0 Å². The highest BCUT2D eigenvalue weighted by Crippen LogP contribution is 2.26. The first-order valence-corrected chi connectivity index (χ1v) is 8.04. The quantitative estimate of drug-likeness (QED) is 0.914. The lowest BCUT2D eigenvalue weighted by molar-refractivity contribution is 0.350. The number of rotatable bonds is 4. The Labute approximate surface area is 110 Å². The zero-order valence-electron chi connectivity index (χ0n) is 11.6. The normalized spacial score (nSPS) is 14.5. The monoisotopic (exact) mass is 269 g/mol. The molecule has 0 aliphatic carbocycles. The van der Waals surface area contributed by atoms with Crippen LogP contribution in [0.5, 0.6) is 0 Å². The Morgan fingerprint density at radius 3 is 2.06 bits per heavy atom. The van der Waals surface area contributed by atoms with E-state index in [-0.39, 0.29) is 11.5 Å². The minimum Gasteiger partial charge on any atom is -0.324 e. The Balaban J connectivity index is 2.74. The standard InChI is InChI=1S/C14H23NO2S/c1-14(2,3)10-9-13(15)11-5-7-12(8-6-11)18(4,16)17/h5-8,13H,9-10,15H2,1-4H3. The molecule has 1 aromatic rings. The molecule has 18 heavy (non-hydrogen) atoms. The van der Waals surface area contributed by atoms with E-state index in [1.807, 2.05) is 12.1 Å². The molecule has 1 unspecified atom stereocenters. The van der Waals surface area contributed by atoms with Crippen molar-refractivity contribution in [1.82, 2.24) is 0 Å². The van der Waals surface area contributed by atoms with Crippen molar-refractivity contribution in [2.45, 2.75) is 44.6 Å². The molecule has 1 aromatic carbocycles. The summed E-state index contributed by atoms with van der Waals surface area (Å²) in [6, 6.07) is 6.84. The molecule has 0 saturated heterocycles. The van der Waals surface area contributed by atoms with Crippen LogP contribution >= 0.6 is 0 Å². The van der Waals surface area contributed by atoms with E-state index in [1.165, 1.54) is 6.26 Å². The third-order valence-corrected chi connectivity index (χ3v) is 4.07. The maximum absolute atomic E-state index is 11.3. The van der Waals surface area contributed by atoms with Crippen molar-refractivity contribution < 1.29 is 8.42 Å². The number of hydrogen-bond acceptors (Lipinski definition) is 3. The van der Waals surface area contributed by atoms with Crippen LogP contribution in [-0.4, -0.2) is 14.7 Å². The molecule has 102 valence electrons. The van der Waals surface area contributed by atoms with E-state index >= 15 is 0 Å².